The molecule has 1 unspecified atom stereocenters. The number of nitrogens with zero attached hydrogens (tertiary/aromatic N) is 3. The maximum absolute atomic E-state index is 13.7. The van der Waals surface area contributed by atoms with Gasteiger partial charge in [-0.15, -0.1) is 0 Å². The van der Waals surface area contributed by atoms with Gasteiger partial charge >= 0.3 is 5.69 Å². The van der Waals surface area contributed by atoms with Crippen molar-refractivity contribution in [2.24, 2.45) is 0 Å². The molecule has 0 amide bonds. The number of fused-ring (bicyclic) bond motifs is 3. The third-order valence-corrected chi connectivity index (χ3v) is 4.45. The number of hydrogen-bond acceptors (Lipinski definition) is 5. The number of halogens is 3. The van der Waals surface area contributed by atoms with Gasteiger partial charge in [-0.25, -0.2) is 18.0 Å². The number of anilines is 2. The van der Waals surface area contributed by atoms with Crippen LogP contribution in [0.2, 0.25) is 0 Å². The monoisotopic (exact) mass is 352 g/mol. The molecule has 1 aromatic carbocycles. The summed E-state index contributed by atoms with van der Waals surface area (Å²) < 4.78 is 46.9. The lowest BCUT2D eigenvalue weighted by atomic mass is 10.2. The molecule has 132 valence electrons. The maximum atomic E-state index is 13.7. The minimum atomic E-state index is -1.24. The molecule has 1 aromatic heterocycles. The molecular weight excluding hydrogens is 337 g/mol. The third-order valence-electron chi connectivity index (χ3n) is 4.45. The summed E-state index contributed by atoms with van der Waals surface area (Å²) in [5.74, 6) is -2.25. The van der Waals surface area contributed by atoms with E-state index < -0.39 is 23.1 Å². The molecule has 0 saturated carbocycles. The Morgan fingerprint density at radius 3 is 2.84 bits per heavy atom. The molecule has 1 atom stereocenters. The summed E-state index contributed by atoms with van der Waals surface area (Å²) in [6.45, 7) is 2.19. The maximum Gasteiger partial charge on any atom is 0.351 e. The Labute approximate surface area is 140 Å². The van der Waals surface area contributed by atoms with Crippen molar-refractivity contribution in [3.8, 4) is 0 Å². The van der Waals surface area contributed by atoms with Gasteiger partial charge in [-0.1, -0.05) is 0 Å². The van der Waals surface area contributed by atoms with E-state index in [4.69, 9.17) is 4.74 Å². The minimum Gasteiger partial charge on any atom is -0.377 e. The number of aromatic nitrogens is 2. The second-order valence-corrected chi connectivity index (χ2v) is 6.03. The van der Waals surface area contributed by atoms with Gasteiger partial charge in [-0.3, -0.25) is 4.57 Å². The fraction of sp³-hybridized carbons (Fsp3) is 0.375. The molecule has 0 aliphatic carbocycles. The summed E-state index contributed by atoms with van der Waals surface area (Å²) in [7, 11) is 0. The van der Waals surface area contributed by atoms with Crippen LogP contribution in [0.1, 0.15) is 5.56 Å². The first kappa shape index (κ1) is 15.9. The summed E-state index contributed by atoms with van der Waals surface area (Å²) >= 11 is 0. The molecule has 0 bridgehead atoms. The van der Waals surface area contributed by atoms with Gasteiger partial charge in [0.1, 0.15) is 17.5 Å². The van der Waals surface area contributed by atoms with Gasteiger partial charge in [0.25, 0.3) is 0 Å². The van der Waals surface area contributed by atoms with Crippen LogP contribution in [0.4, 0.5) is 24.8 Å². The first-order valence-corrected chi connectivity index (χ1v) is 7.86. The average Bonchev–Trinajstić information content (AvgIpc) is 2.96. The zero-order valence-corrected chi connectivity index (χ0v) is 13.1. The second-order valence-electron chi connectivity index (χ2n) is 6.03. The fourth-order valence-corrected chi connectivity index (χ4v) is 3.20. The number of rotatable bonds is 3. The van der Waals surface area contributed by atoms with E-state index in [1.54, 1.807) is 10.6 Å². The van der Waals surface area contributed by atoms with Crippen molar-refractivity contribution in [3.05, 3.63) is 51.7 Å². The van der Waals surface area contributed by atoms with Gasteiger partial charge in [-0.05, 0) is 6.07 Å². The van der Waals surface area contributed by atoms with Crippen LogP contribution >= 0.6 is 0 Å². The van der Waals surface area contributed by atoms with Crippen LogP contribution in [0.5, 0.6) is 0 Å². The number of nitrogens with one attached hydrogen (secondary N) is 1. The molecule has 0 spiro atoms. The van der Waals surface area contributed by atoms with Gasteiger partial charge < -0.3 is 15.0 Å². The smallest absolute Gasteiger partial charge is 0.351 e. The minimum absolute atomic E-state index is 0.0504. The van der Waals surface area contributed by atoms with Crippen LogP contribution in [0.25, 0.3) is 0 Å². The summed E-state index contributed by atoms with van der Waals surface area (Å²) in [6.07, 6.45) is 0. The van der Waals surface area contributed by atoms with E-state index >= 15 is 0 Å². The van der Waals surface area contributed by atoms with Crippen molar-refractivity contribution in [3.63, 3.8) is 0 Å². The molecule has 25 heavy (non-hydrogen) atoms. The molecule has 1 fully saturated rings. The van der Waals surface area contributed by atoms with Crippen LogP contribution < -0.4 is 15.9 Å². The topological polar surface area (TPSA) is 59.4 Å². The van der Waals surface area contributed by atoms with E-state index in [0.29, 0.717) is 32.4 Å². The molecule has 2 aliphatic heterocycles. The number of benzene rings is 1. The highest BCUT2D eigenvalue weighted by molar-refractivity contribution is 5.53. The highest BCUT2D eigenvalue weighted by Gasteiger charge is 2.33. The Balaban J connectivity index is 1.58. The normalized spacial score (nSPS) is 18.8. The highest BCUT2D eigenvalue weighted by atomic mass is 19.2. The summed E-state index contributed by atoms with van der Waals surface area (Å²) in [6, 6.07) is 3.08. The van der Waals surface area contributed by atoms with Crippen molar-refractivity contribution >= 4 is 11.6 Å². The first-order chi connectivity index (χ1) is 12.0. The first-order valence-electron chi connectivity index (χ1n) is 7.86. The molecule has 9 heteroatoms. The summed E-state index contributed by atoms with van der Waals surface area (Å²) in [5, 5.41) is 2.80. The Morgan fingerprint density at radius 1 is 1.20 bits per heavy atom. The van der Waals surface area contributed by atoms with Crippen molar-refractivity contribution in [1.29, 1.82) is 0 Å². The molecular formula is C16H15F3N4O2. The number of hydrogen-bond donors (Lipinski definition) is 1. The summed E-state index contributed by atoms with van der Waals surface area (Å²) in [4.78, 5) is 18.2. The van der Waals surface area contributed by atoms with E-state index in [-0.39, 0.29) is 24.0 Å². The molecule has 2 aromatic rings. The highest BCUT2D eigenvalue weighted by Crippen LogP contribution is 2.27. The molecule has 6 nitrogen and oxygen atoms in total. The lowest BCUT2D eigenvalue weighted by Gasteiger charge is -2.30. The fourth-order valence-electron chi connectivity index (χ4n) is 3.20. The van der Waals surface area contributed by atoms with E-state index in [2.05, 4.69) is 15.2 Å². The van der Waals surface area contributed by atoms with E-state index in [1.807, 2.05) is 0 Å². The molecule has 1 N–H and O–H groups in total. The van der Waals surface area contributed by atoms with Crippen molar-refractivity contribution in [2.75, 3.05) is 30.0 Å². The third kappa shape index (κ3) is 2.84. The second kappa shape index (κ2) is 6.07. The Morgan fingerprint density at radius 2 is 2.00 bits per heavy atom. The van der Waals surface area contributed by atoms with E-state index in [0.717, 1.165) is 11.9 Å². The Kier molecular flexibility index (Phi) is 3.87. The predicted octanol–water partition coefficient (Wildman–Crippen LogP) is 1.49. The van der Waals surface area contributed by atoms with Gasteiger partial charge in [0, 0.05) is 30.8 Å². The Hall–Kier alpha value is -2.55. The number of ether oxygens (including phenoxy) is 1. The average molecular weight is 352 g/mol. The lowest BCUT2D eigenvalue weighted by molar-refractivity contribution is 0.0956. The van der Waals surface area contributed by atoms with Crippen LogP contribution in [0, 0.1) is 17.5 Å². The molecule has 2 aliphatic rings. The predicted molar refractivity (Wildman–Crippen MR) is 84.1 cm³/mol. The largest absolute Gasteiger partial charge is 0.377 e. The Bertz CT molecular complexity index is 886. The lowest BCUT2D eigenvalue weighted by Crippen LogP contribution is -2.43. The molecule has 3 heterocycles. The quantitative estimate of drug-likeness (QED) is 0.849. The molecule has 4 rings (SSSR count). The molecule has 0 radical (unpaired) electrons. The van der Waals surface area contributed by atoms with Gasteiger partial charge in [0.05, 0.1) is 25.8 Å². The van der Waals surface area contributed by atoms with Crippen molar-refractivity contribution < 1.29 is 17.9 Å². The van der Waals surface area contributed by atoms with Crippen LogP contribution in [-0.4, -0.2) is 35.4 Å². The van der Waals surface area contributed by atoms with Crippen LogP contribution in [0.3, 0.4) is 0 Å². The van der Waals surface area contributed by atoms with Crippen LogP contribution in [0.15, 0.2) is 23.0 Å². The van der Waals surface area contributed by atoms with Crippen LogP contribution in [-0.2, 0) is 17.8 Å². The molecule has 1 saturated heterocycles. The summed E-state index contributed by atoms with van der Waals surface area (Å²) in [5.41, 5.74) is -0.467. The van der Waals surface area contributed by atoms with E-state index in [1.165, 1.54) is 0 Å². The standard InChI is InChI=1S/C16H15F3N4O2/c17-11-4-13(19)12(18)3-9(11)6-20-14-5-15-22-1-2-25-8-10(22)7-23(15)16(24)21-14/h3-5,10H,1-2,6-8H2,(H,20,21,24). The van der Waals surface area contributed by atoms with E-state index in [9.17, 15) is 18.0 Å². The van der Waals surface area contributed by atoms with Gasteiger partial charge in [-0.2, -0.15) is 4.98 Å². The van der Waals surface area contributed by atoms with Crippen molar-refractivity contribution in [1.82, 2.24) is 9.55 Å². The van der Waals surface area contributed by atoms with Gasteiger partial charge in [0.15, 0.2) is 11.6 Å². The number of morpholine rings is 1. The van der Waals surface area contributed by atoms with Crippen molar-refractivity contribution in [2.45, 2.75) is 19.1 Å². The SMILES string of the molecule is O=c1nc(NCc2cc(F)c(F)cc2F)cc2n1CC1COCCN21. The van der Waals surface area contributed by atoms with Gasteiger partial charge in [0.2, 0.25) is 0 Å². The zero-order chi connectivity index (χ0) is 17.6. The zero-order valence-electron chi connectivity index (χ0n) is 13.1.